The van der Waals surface area contributed by atoms with Gasteiger partial charge < -0.3 is 10.5 Å². The molecule has 2 aromatic rings. The first kappa shape index (κ1) is 15.6. The third-order valence-corrected chi connectivity index (χ3v) is 3.11. The number of alkyl halides is 3. The average Bonchev–Trinajstić information content (AvgIpc) is 2.40. The van der Waals surface area contributed by atoms with Crippen molar-refractivity contribution in [2.24, 2.45) is 5.73 Å². The number of rotatable bonds is 3. The number of hydrogen-bond donors (Lipinski definition) is 1. The molecule has 0 saturated heterocycles. The Labute approximate surface area is 123 Å². The highest BCUT2D eigenvalue weighted by molar-refractivity contribution is 6.31. The molecule has 0 aromatic heterocycles. The Bertz CT molecular complexity index is 628. The molecule has 0 aliphatic heterocycles. The van der Waals surface area contributed by atoms with Crippen LogP contribution in [0.1, 0.15) is 17.2 Å². The zero-order valence-corrected chi connectivity index (χ0v) is 11.3. The standard InChI is InChI=1S/C14H10ClF4NO/c15-12-6-3-9(16)7-11(12)13(20)8-1-4-10(5-2-8)21-14(17,18)19/h1-7,13H,20H2. The molecule has 2 aromatic carbocycles. The maximum absolute atomic E-state index is 13.2. The number of benzene rings is 2. The van der Waals surface area contributed by atoms with E-state index in [9.17, 15) is 17.6 Å². The van der Waals surface area contributed by atoms with Gasteiger partial charge in [-0.3, -0.25) is 0 Å². The minimum absolute atomic E-state index is 0.277. The van der Waals surface area contributed by atoms with Crippen LogP contribution in [-0.4, -0.2) is 6.36 Å². The smallest absolute Gasteiger partial charge is 0.406 e. The van der Waals surface area contributed by atoms with E-state index in [1.807, 2.05) is 0 Å². The van der Waals surface area contributed by atoms with Crippen molar-refractivity contribution in [2.75, 3.05) is 0 Å². The molecule has 7 heteroatoms. The van der Waals surface area contributed by atoms with Crippen LogP contribution in [0.5, 0.6) is 5.75 Å². The lowest BCUT2D eigenvalue weighted by molar-refractivity contribution is -0.274. The van der Waals surface area contributed by atoms with Crippen molar-refractivity contribution in [1.82, 2.24) is 0 Å². The Morgan fingerprint density at radius 1 is 1.05 bits per heavy atom. The van der Waals surface area contributed by atoms with E-state index in [1.54, 1.807) is 0 Å². The Hall–Kier alpha value is -1.79. The zero-order valence-electron chi connectivity index (χ0n) is 10.5. The van der Waals surface area contributed by atoms with Crippen molar-refractivity contribution in [1.29, 1.82) is 0 Å². The fourth-order valence-electron chi connectivity index (χ4n) is 1.81. The predicted molar refractivity (Wildman–Crippen MR) is 70.6 cm³/mol. The highest BCUT2D eigenvalue weighted by Crippen LogP contribution is 2.29. The molecule has 0 fully saturated rings. The summed E-state index contributed by atoms with van der Waals surface area (Å²) in [4.78, 5) is 0. The lowest BCUT2D eigenvalue weighted by atomic mass is 9.99. The quantitative estimate of drug-likeness (QED) is 0.850. The van der Waals surface area contributed by atoms with Crippen LogP contribution in [0.25, 0.3) is 0 Å². The van der Waals surface area contributed by atoms with Crippen molar-refractivity contribution in [3.05, 3.63) is 64.4 Å². The largest absolute Gasteiger partial charge is 0.573 e. The maximum Gasteiger partial charge on any atom is 0.573 e. The van der Waals surface area contributed by atoms with Gasteiger partial charge in [0.15, 0.2) is 0 Å². The summed E-state index contributed by atoms with van der Waals surface area (Å²) >= 11 is 5.94. The van der Waals surface area contributed by atoms with Gasteiger partial charge in [0, 0.05) is 5.02 Å². The highest BCUT2D eigenvalue weighted by Gasteiger charge is 2.31. The van der Waals surface area contributed by atoms with Crippen LogP contribution in [-0.2, 0) is 0 Å². The first-order valence-electron chi connectivity index (χ1n) is 5.82. The summed E-state index contributed by atoms with van der Waals surface area (Å²) < 4.78 is 53.1. The minimum Gasteiger partial charge on any atom is -0.406 e. The second-order valence-electron chi connectivity index (χ2n) is 4.26. The fraction of sp³-hybridized carbons (Fsp3) is 0.143. The number of ether oxygens (including phenoxy) is 1. The SMILES string of the molecule is NC(c1ccc(OC(F)(F)F)cc1)c1cc(F)ccc1Cl. The lowest BCUT2D eigenvalue weighted by Crippen LogP contribution is -2.17. The highest BCUT2D eigenvalue weighted by atomic mass is 35.5. The molecule has 112 valence electrons. The van der Waals surface area contributed by atoms with Gasteiger partial charge in [-0.2, -0.15) is 0 Å². The van der Waals surface area contributed by atoms with Crippen LogP contribution in [0, 0.1) is 5.82 Å². The maximum atomic E-state index is 13.2. The molecule has 0 heterocycles. The van der Waals surface area contributed by atoms with Crippen LogP contribution in [0.15, 0.2) is 42.5 Å². The Kier molecular flexibility index (Phi) is 4.39. The van der Waals surface area contributed by atoms with E-state index in [1.165, 1.54) is 30.3 Å². The first-order valence-corrected chi connectivity index (χ1v) is 6.20. The van der Waals surface area contributed by atoms with Crippen molar-refractivity contribution in [3.63, 3.8) is 0 Å². The third-order valence-electron chi connectivity index (χ3n) is 2.77. The van der Waals surface area contributed by atoms with Gasteiger partial charge in [0.25, 0.3) is 0 Å². The molecule has 21 heavy (non-hydrogen) atoms. The molecule has 0 amide bonds. The van der Waals surface area contributed by atoms with Crippen molar-refractivity contribution < 1.29 is 22.3 Å². The van der Waals surface area contributed by atoms with Gasteiger partial charge in [-0.15, -0.1) is 13.2 Å². The van der Waals surface area contributed by atoms with Crippen LogP contribution >= 0.6 is 11.6 Å². The monoisotopic (exact) mass is 319 g/mol. The molecule has 0 radical (unpaired) electrons. The summed E-state index contributed by atoms with van der Waals surface area (Å²) in [6.45, 7) is 0. The second-order valence-corrected chi connectivity index (χ2v) is 4.67. The molecule has 0 aliphatic rings. The molecule has 0 saturated carbocycles. The number of nitrogens with two attached hydrogens (primary N) is 1. The first-order chi connectivity index (χ1) is 9.76. The summed E-state index contributed by atoms with van der Waals surface area (Å²) in [6, 6.07) is 8.00. The van der Waals surface area contributed by atoms with E-state index < -0.39 is 18.2 Å². The predicted octanol–water partition coefficient (Wildman–Crippen LogP) is 4.43. The van der Waals surface area contributed by atoms with E-state index in [2.05, 4.69) is 4.74 Å². The van der Waals surface area contributed by atoms with Gasteiger partial charge in [-0.1, -0.05) is 23.7 Å². The van der Waals surface area contributed by atoms with Gasteiger partial charge >= 0.3 is 6.36 Å². The summed E-state index contributed by atoms with van der Waals surface area (Å²) in [6.07, 6.45) is -4.75. The fourth-order valence-corrected chi connectivity index (χ4v) is 2.04. The second kappa shape index (κ2) is 5.91. The number of hydrogen-bond acceptors (Lipinski definition) is 2. The minimum atomic E-state index is -4.75. The van der Waals surface area contributed by atoms with E-state index in [0.717, 1.165) is 12.1 Å². The molecular weight excluding hydrogens is 310 g/mol. The van der Waals surface area contributed by atoms with Crippen LogP contribution < -0.4 is 10.5 Å². The van der Waals surface area contributed by atoms with Gasteiger partial charge in [0.2, 0.25) is 0 Å². The molecule has 2 nitrogen and oxygen atoms in total. The van der Waals surface area contributed by atoms with Crippen LogP contribution in [0.2, 0.25) is 5.02 Å². The normalized spacial score (nSPS) is 13.0. The Morgan fingerprint density at radius 2 is 1.67 bits per heavy atom. The third kappa shape index (κ3) is 4.09. The molecule has 0 bridgehead atoms. The van der Waals surface area contributed by atoms with E-state index in [0.29, 0.717) is 11.1 Å². The lowest BCUT2D eigenvalue weighted by Gasteiger charge is -2.15. The summed E-state index contributed by atoms with van der Waals surface area (Å²) in [5.41, 5.74) is 6.78. The van der Waals surface area contributed by atoms with E-state index in [4.69, 9.17) is 17.3 Å². The molecule has 2 rings (SSSR count). The number of halogens is 5. The summed E-state index contributed by atoms with van der Waals surface area (Å²) in [7, 11) is 0. The van der Waals surface area contributed by atoms with Gasteiger partial charge in [-0.05, 0) is 41.5 Å². The van der Waals surface area contributed by atoms with Crippen molar-refractivity contribution in [3.8, 4) is 5.75 Å². The zero-order chi connectivity index (χ0) is 15.6. The molecule has 0 aliphatic carbocycles. The summed E-state index contributed by atoms with van der Waals surface area (Å²) in [5.74, 6) is -0.856. The van der Waals surface area contributed by atoms with Crippen molar-refractivity contribution >= 4 is 11.6 Å². The molecule has 0 spiro atoms. The molecule has 2 N–H and O–H groups in total. The summed E-state index contributed by atoms with van der Waals surface area (Å²) in [5, 5.41) is 0.277. The van der Waals surface area contributed by atoms with E-state index >= 15 is 0 Å². The van der Waals surface area contributed by atoms with Crippen LogP contribution in [0.3, 0.4) is 0 Å². The van der Waals surface area contributed by atoms with Crippen molar-refractivity contribution in [2.45, 2.75) is 12.4 Å². The topological polar surface area (TPSA) is 35.2 Å². The van der Waals surface area contributed by atoms with Gasteiger partial charge in [0.05, 0.1) is 6.04 Å². The van der Waals surface area contributed by atoms with Gasteiger partial charge in [-0.25, -0.2) is 4.39 Å². The molecule has 1 atom stereocenters. The van der Waals surface area contributed by atoms with Crippen LogP contribution in [0.4, 0.5) is 17.6 Å². The van der Waals surface area contributed by atoms with E-state index in [-0.39, 0.29) is 10.8 Å². The van der Waals surface area contributed by atoms with Gasteiger partial charge in [0.1, 0.15) is 11.6 Å². The average molecular weight is 320 g/mol. The molecular formula is C14H10ClF4NO. The Morgan fingerprint density at radius 3 is 2.24 bits per heavy atom. The Balaban J connectivity index is 2.24. The molecule has 1 unspecified atom stereocenters.